The third kappa shape index (κ3) is 6.91. The molecule has 1 saturated heterocycles. The molecular formula is C31H36F6N2O3Si. The summed E-state index contributed by atoms with van der Waals surface area (Å²) in [5.41, 5.74) is -3.57. The van der Waals surface area contributed by atoms with Gasteiger partial charge >= 0.3 is 12.4 Å². The maximum Gasteiger partial charge on any atom is 0.433 e. The number of aliphatic hydroxyl groups is 1. The normalized spacial score (nSPS) is 18.5. The van der Waals surface area contributed by atoms with E-state index < -0.39 is 61.6 Å². The second-order valence-corrected chi connectivity index (χ2v) is 17.3. The highest BCUT2D eigenvalue weighted by Gasteiger charge is 2.45. The molecule has 1 aliphatic rings. The van der Waals surface area contributed by atoms with Crippen LogP contribution in [0.25, 0.3) is 10.9 Å². The van der Waals surface area contributed by atoms with Crippen molar-refractivity contribution in [3.8, 4) is 0 Å². The van der Waals surface area contributed by atoms with Crippen LogP contribution in [0.1, 0.15) is 74.6 Å². The van der Waals surface area contributed by atoms with Gasteiger partial charge in [0, 0.05) is 11.9 Å². The molecule has 12 heteroatoms. The Morgan fingerprint density at radius 3 is 2.21 bits per heavy atom. The fraction of sp³-hybridized carbons (Fsp3) is 0.484. The van der Waals surface area contributed by atoms with Gasteiger partial charge in [0.2, 0.25) is 0 Å². The van der Waals surface area contributed by atoms with Gasteiger partial charge < -0.3 is 14.4 Å². The predicted octanol–water partition coefficient (Wildman–Crippen LogP) is 8.45. The van der Waals surface area contributed by atoms with Crippen molar-refractivity contribution in [2.75, 3.05) is 6.54 Å². The van der Waals surface area contributed by atoms with E-state index in [1.54, 1.807) is 30.3 Å². The van der Waals surface area contributed by atoms with Gasteiger partial charge in [-0.25, -0.2) is 4.98 Å². The first-order valence-electron chi connectivity index (χ1n) is 14.1. The lowest BCUT2D eigenvalue weighted by molar-refractivity contribution is -0.147. The van der Waals surface area contributed by atoms with Crippen molar-refractivity contribution in [3.05, 3.63) is 77.0 Å². The molecule has 1 aliphatic heterocycles. The van der Waals surface area contributed by atoms with E-state index in [4.69, 9.17) is 4.43 Å². The van der Waals surface area contributed by atoms with Crippen molar-refractivity contribution < 1.29 is 40.7 Å². The van der Waals surface area contributed by atoms with E-state index >= 15 is 0 Å². The van der Waals surface area contributed by atoms with Crippen molar-refractivity contribution in [3.63, 3.8) is 0 Å². The van der Waals surface area contributed by atoms with Crippen molar-refractivity contribution >= 4 is 25.1 Å². The van der Waals surface area contributed by atoms with Crippen molar-refractivity contribution in [2.24, 2.45) is 0 Å². The first-order valence-corrected chi connectivity index (χ1v) is 17.0. The second-order valence-electron chi connectivity index (χ2n) is 12.5. The van der Waals surface area contributed by atoms with Gasteiger partial charge in [0.05, 0.1) is 17.1 Å². The third-order valence-corrected chi connectivity index (χ3v) is 13.0. The van der Waals surface area contributed by atoms with Gasteiger partial charge in [-0.2, -0.15) is 26.3 Å². The molecule has 0 unspecified atom stereocenters. The highest BCUT2D eigenvalue weighted by molar-refractivity contribution is 6.74. The lowest BCUT2D eigenvalue weighted by Gasteiger charge is -2.43. The monoisotopic (exact) mass is 626 g/mol. The fourth-order valence-corrected chi connectivity index (χ4v) is 6.35. The van der Waals surface area contributed by atoms with E-state index in [0.29, 0.717) is 30.5 Å². The Morgan fingerprint density at radius 1 is 0.977 bits per heavy atom. The number of piperidine rings is 1. The average Bonchev–Trinajstić information content (AvgIpc) is 2.93. The zero-order valence-electron chi connectivity index (χ0n) is 24.7. The van der Waals surface area contributed by atoms with Crippen LogP contribution in [0.3, 0.4) is 0 Å². The number of fused-ring (bicyclic) bond motifs is 1. The second kappa shape index (κ2) is 11.9. The maximum absolute atomic E-state index is 14.3. The molecule has 43 heavy (non-hydrogen) atoms. The Morgan fingerprint density at radius 2 is 1.63 bits per heavy atom. The van der Waals surface area contributed by atoms with Crippen LogP contribution < -0.4 is 0 Å². The number of aromatic nitrogens is 1. The van der Waals surface area contributed by atoms with Gasteiger partial charge in [-0.15, -0.1) is 0 Å². The molecule has 1 aromatic heterocycles. The topological polar surface area (TPSA) is 62.7 Å². The molecule has 1 amide bonds. The van der Waals surface area contributed by atoms with Gasteiger partial charge in [-0.05, 0) is 60.7 Å². The molecule has 3 atom stereocenters. The van der Waals surface area contributed by atoms with Crippen molar-refractivity contribution in [2.45, 2.75) is 88.8 Å². The summed E-state index contributed by atoms with van der Waals surface area (Å²) in [5, 5.41) is 11.2. The summed E-state index contributed by atoms with van der Waals surface area (Å²) in [6.45, 7) is 10.3. The maximum atomic E-state index is 14.3. The number of para-hydroxylation sites is 1. The highest BCUT2D eigenvalue weighted by atomic mass is 28.4. The smallest absolute Gasteiger partial charge is 0.402 e. The Hall–Kier alpha value is -2.96. The van der Waals surface area contributed by atoms with E-state index in [0.717, 1.165) is 6.07 Å². The van der Waals surface area contributed by atoms with Gasteiger partial charge in [0.15, 0.2) is 14.4 Å². The van der Waals surface area contributed by atoms with E-state index in [-0.39, 0.29) is 29.0 Å². The Balaban J connectivity index is 1.82. The van der Waals surface area contributed by atoms with Gasteiger partial charge in [0.1, 0.15) is 11.8 Å². The molecule has 0 radical (unpaired) electrons. The number of nitrogens with zero attached hydrogens (tertiary/aromatic N) is 2. The summed E-state index contributed by atoms with van der Waals surface area (Å²) < 4.78 is 89.7. The summed E-state index contributed by atoms with van der Waals surface area (Å²) in [5.74, 6) is -0.454. The van der Waals surface area contributed by atoms with Crippen molar-refractivity contribution in [1.29, 1.82) is 0 Å². The van der Waals surface area contributed by atoms with Crippen LogP contribution in [-0.4, -0.2) is 41.8 Å². The minimum Gasteiger partial charge on any atom is -0.402 e. The molecular weight excluding hydrogens is 590 g/mol. The number of carbonyl (C=O) groups is 1. The summed E-state index contributed by atoms with van der Waals surface area (Å²) in [6, 6.07) is 11.4. The molecule has 2 heterocycles. The number of likely N-dealkylation sites (tertiary alicyclic amines) is 1. The minimum absolute atomic E-state index is 0.202. The molecule has 2 aromatic carbocycles. The number of hydrogen-bond acceptors (Lipinski definition) is 4. The largest absolute Gasteiger partial charge is 0.433 e. The van der Waals surface area contributed by atoms with Gasteiger partial charge in [0.25, 0.3) is 5.91 Å². The van der Waals surface area contributed by atoms with Crippen LogP contribution in [0.4, 0.5) is 26.3 Å². The highest BCUT2D eigenvalue weighted by Crippen LogP contribution is 2.43. The summed E-state index contributed by atoms with van der Waals surface area (Å²) in [6.07, 6.45) is -11.4. The minimum atomic E-state index is -5.07. The molecule has 1 fully saturated rings. The Bertz CT molecular complexity index is 1450. The molecule has 1 N–H and O–H groups in total. The fourth-order valence-electron chi connectivity index (χ4n) is 5.17. The van der Waals surface area contributed by atoms with E-state index in [2.05, 4.69) is 4.98 Å². The molecule has 0 spiro atoms. The lowest BCUT2D eigenvalue weighted by atomic mass is 9.89. The van der Waals surface area contributed by atoms with Crippen molar-refractivity contribution in [1.82, 2.24) is 9.88 Å². The van der Waals surface area contributed by atoms with Gasteiger partial charge in [-0.1, -0.05) is 63.2 Å². The van der Waals surface area contributed by atoms with Crippen LogP contribution in [0.2, 0.25) is 18.1 Å². The van der Waals surface area contributed by atoms with Crippen LogP contribution >= 0.6 is 0 Å². The summed E-state index contributed by atoms with van der Waals surface area (Å²) in [4.78, 5) is 19.1. The van der Waals surface area contributed by atoms with Crippen LogP contribution in [0.15, 0.2) is 54.6 Å². The zero-order chi connectivity index (χ0) is 32.0. The number of benzene rings is 2. The molecule has 3 aromatic rings. The first-order chi connectivity index (χ1) is 19.8. The van der Waals surface area contributed by atoms with Crippen LogP contribution in [0.5, 0.6) is 0 Å². The number of halogens is 6. The Labute approximate surface area is 248 Å². The predicted molar refractivity (Wildman–Crippen MR) is 154 cm³/mol. The van der Waals surface area contributed by atoms with Crippen LogP contribution in [-0.2, 0) is 21.6 Å². The number of hydrogen-bond donors (Lipinski definition) is 1. The first kappa shape index (κ1) is 32.9. The summed E-state index contributed by atoms with van der Waals surface area (Å²) >= 11 is 0. The Kier molecular flexibility index (Phi) is 9.08. The molecule has 0 saturated carbocycles. The zero-order valence-corrected chi connectivity index (χ0v) is 25.7. The quantitative estimate of drug-likeness (QED) is 0.220. The van der Waals surface area contributed by atoms with Crippen LogP contribution in [0, 0.1) is 0 Å². The molecule has 234 valence electrons. The number of aliphatic hydroxyl groups excluding tert-OH is 1. The summed E-state index contributed by atoms with van der Waals surface area (Å²) in [7, 11) is -2.53. The third-order valence-electron chi connectivity index (χ3n) is 8.53. The van der Waals surface area contributed by atoms with Gasteiger partial charge in [-0.3, -0.25) is 4.79 Å². The number of alkyl halides is 6. The molecule has 0 aliphatic carbocycles. The standard InChI is InChI=1S/C31H36F6N2O3Si/c1-29(2,3)43(4,5)42-27(19-12-7-6-8-13-19)28(41)39-17-10-9-16-23(39)26(40)21-18-24(31(35,36)37)38-25-20(21)14-11-15-22(25)30(32,33)34/h6-8,11-15,18,23,26-27,40H,9-10,16-17H2,1-5H3/t23-,26-,27+/m1/s1. The van der Waals surface area contributed by atoms with E-state index in [1.165, 1.54) is 11.0 Å². The lowest BCUT2D eigenvalue weighted by Crippen LogP contribution is -2.51. The average molecular weight is 627 g/mol. The molecule has 4 rings (SSSR count). The SMILES string of the molecule is CC(C)(C)[Si](C)(C)O[C@H](C(=O)N1CCCC[C@@H]1[C@H](O)c1cc(C(F)(F)F)nc2c(C(F)(F)F)cccc12)c1ccccc1. The number of rotatable bonds is 6. The molecule has 5 nitrogen and oxygen atoms in total. The van der Waals surface area contributed by atoms with E-state index in [9.17, 15) is 36.2 Å². The number of amides is 1. The molecule has 0 bridgehead atoms. The number of pyridine rings is 1. The van der Waals surface area contributed by atoms with E-state index in [1.807, 2.05) is 33.9 Å². The number of carbonyl (C=O) groups excluding carboxylic acids is 1.